The van der Waals surface area contributed by atoms with E-state index in [1.165, 1.54) is 89.9 Å². The van der Waals surface area contributed by atoms with Gasteiger partial charge < -0.3 is 39.4 Å². The van der Waals surface area contributed by atoms with Crippen LogP contribution >= 0.6 is 0 Å². The van der Waals surface area contributed by atoms with E-state index in [0.29, 0.717) is 13.0 Å². The fourth-order valence-corrected chi connectivity index (χ4v) is 7.76. The first-order chi connectivity index (χ1) is 33.4. The number of aliphatic hydroxyl groups excluding tert-OH is 4. The van der Waals surface area contributed by atoms with Gasteiger partial charge in [-0.1, -0.05) is 201 Å². The monoisotopic (exact) mass is 953 g/mol. The highest BCUT2D eigenvalue weighted by Gasteiger charge is 2.44. The Morgan fingerprint density at radius 1 is 0.485 bits per heavy atom. The van der Waals surface area contributed by atoms with Crippen LogP contribution in [0.2, 0.25) is 0 Å². The topological polar surface area (TPSA) is 135 Å². The SMILES string of the molecule is CC/C=C\C/C=C\C/C=C\C/C=C\C/C=C\CCCCCCCCCCCC(=O)OC(COCCCCCCCCC/C=C\C/C=C\C/C=C\CCCCC)COC1OC(CO)C(O)C(O)C1O. The molecule has 6 atom stereocenters. The van der Waals surface area contributed by atoms with Crippen LogP contribution in [0.15, 0.2) is 97.2 Å². The summed E-state index contributed by atoms with van der Waals surface area (Å²) in [4.78, 5) is 12.9. The smallest absolute Gasteiger partial charge is 0.306 e. The number of allylic oxidation sites excluding steroid dienone is 16. The Balaban J connectivity index is 2.21. The standard InChI is InChI=1S/C59H100O9/c1-3-5-7-9-11-13-15-17-19-21-23-25-26-27-28-29-30-32-34-36-38-40-42-44-46-48-55(61)67-53(52-66-59-58(64)57(63)56(62)54(50-60)68-59)51-65-49-47-45-43-41-39-37-35-33-31-24-22-20-18-16-14-12-10-8-6-4-2/h5,7,11-14,17-20,23-25,27-28,31,53-54,56-60,62-64H,3-4,6,8-10,15-16,21-22,26,29-30,32-52H2,1-2H3/b7-5-,13-11-,14-12-,19-17-,20-18-,25-23-,28-27-,31-24-. The number of carbonyl (C=O) groups excluding carboxylic acids is 1. The summed E-state index contributed by atoms with van der Waals surface area (Å²) in [6.45, 7) is 4.39. The minimum atomic E-state index is -1.55. The van der Waals surface area contributed by atoms with Crippen LogP contribution in [-0.4, -0.2) is 89.6 Å². The highest BCUT2D eigenvalue weighted by atomic mass is 16.7. The summed E-state index contributed by atoms with van der Waals surface area (Å²) < 4.78 is 22.9. The molecule has 0 aliphatic carbocycles. The lowest BCUT2D eigenvalue weighted by molar-refractivity contribution is -0.305. The van der Waals surface area contributed by atoms with Gasteiger partial charge in [-0.05, 0) is 96.3 Å². The van der Waals surface area contributed by atoms with Gasteiger partial charge in [0.25, 0.3) is 0 Å². The van der Waals surface area contributed by atoms with Crippen molar-refractivity contribution in [1.82, 2.24) is 0 Å². The van der Waals surface area contributed by atoms with Crippen molar-refractivity contribution in [3.05, 3.63) is 97.2 Å². The maximum absolute atomic E-state index is 12.9. The van der Waals surface area contributed by atoms with Gasteiger partial charge in [0.1, 0.15) is 30.5 Å². The molecule has 1 aliphatic heterocycles. The zero-order chi connectivity index (χ0) is 49.2. The van der Waals surface area contributed by atoms with Gasteiger partial charge in [0.05, 0.1) is 19.8 Å². The van der Waals surface area contributed by atoms with Crippen LogP contribution < -0.4 is 0 Å². The Morgan fingerprint density at radius 2 is 0.897 bits per heavy atom. The molecule has 1 rings (SSSR count). The van der Waals surface area contributed by atoms with Crippen molar-refractivity contribution in [3.8, 4) is 0 Å². The molecule has 0 aromatic rings. The Bertz CT molecular complexity index is 1360. The molecular weight excluding hydrogens is 853 g/mol. The Labute approximate surface area is 415 Å². The summed E-state index contributed by atoms with van der Waals surface area (Å²) in [5.74, 6) is -0.327. The molecular formula is C59H100O9. The van der Waals surface area contributed by atoms with Crippen molar-refractivity contribution in [2.24, 2.45) is 0 Å². The molecule has 0 aromatic carbocycles. The number of esters is 1. The average molecular weight is 953 g/mol. The first kappa shape index (κ1) is 63.1. The van der Waals surface area contributed by atoms with Crippen molar-refractivity contribution in [1.29, 1.82) is 0 Å². The highest BCUT2D eigenvalue weighted by molar-refractivity contribution is 5.69. The fraction of sp³-hybridized carbons (Fsp3) is 0.712. The van der Waals surface area contributed by atoms with E-state index >= 15 is 0 Å². The van der Waals surface area contributed by atoms with E-state index in [0.717, 1.165) is 96.3 Å². The normalized spacial score (nSPS) is 19.9. The third-order valence-electron chi connectivity index (χ3n) is 12.0. The molecule has 1 fully saturated rings. The fourth-order valence-electron chi connectivity index (χ4n) is 7.76. The molecule has 9 heteroatoms. The zero-order valence-electron chi connectivity index (χ0n) is 43.1. The van der Waals surface area contributed by atoms with Gasteiger partial charge in [-0.2, -0.15) is 0 Å². The van der Waals surface area contributed by atoms with Gasteiger partial charge in [0.2, 0.25) is 0 Å². The number of unbranched alkanes of at least 4 members (excludes halogenated alkanes) is 19. The maximum Gasteiger partial charge on any atom is 0.306 e. The van der Waals surface area contributed by atoms with E-state index in [1.807, 2.05) is 0 Å². The first-order valence-corrected chi connectivity index (χ1v) is 27.3. The molecule has 4 N–H and O–H groups in total. The number of hydrogen-bond donors (Lipinski definition) is 4. The maximum atomic E-state index is 12.9. The molecule has 0 radical (unpaired) electrons. The van der Waals surface area contributed by atoms with Crippen LogP contribution in [0.5, 0.6) is 0 Å². The summed E-state index contributed by atoms with van der Waals surface area (Å²) >= 11 is 0. The predicted molar refractivity (Wildman–Crippen MR) is 283 cm³/mol. The van der Waals surface area contributed by atoms with Gasteiger partial charge in [-0.25, -0.2) is 0 Å². The van der Waals surface area contributed by atoms with Crippen LogP contribution in [0.25, 0.3) is 0 Å². The predicted octanol–water partition coefficient (Wildman–Crippen LogP) is 13.9. The molecule has 1 heterocycles. The second kappa shape index (κ2) is 49.1. The van der Waals surface area contributed by atoms with E-state index in [9.17, 15) is 25.2 Å². The third-order valence-corrected chi connectivity index (χ3v) is 12.0. The largest absolute Gasteiger partial charge is 0.457 e. The summed E-state index contributed by atoms with van der Waals surface area (Å²) in [6.07, 6.45) is 61.5. The molecule has 1 saturated heterocycles. The number of hydrogen-bond acceptors (Lipinski definition) is 9. The third kappa shape index (κ3) is 38.9. The molecule has 0 spiro atoms. The van der Waals surface area contributed by atoms with Gasteiger partial charge in [0.15, 0.2) is 6.29 Å². The van der Waals surface area contributed by atoms with Gasteiger partial charge >= 0.3 is 5.97 Å². The lowest BCUT2D eigenvalue weighted by atomic mass is 9.99. The molecule has 6 unspecified atom stereocenters. The van der Waals surface area contributed by atoms with E-state index in [1.54, 1.807) is 0 Å². The van der Waals surface area contributed by atoms with Crippen molar-refractivity contribution < 1.29 is 44.2 Å². The average Bonchev–Trinajstić information content (AvgIpc) is 3.34. The highest BCUT2D eigenvalue weighted by Crippen LogP contribution is 2.23. The molecule has 9 nitrogen and oxygen atoms in total. The summed E-state index contributed by atoms with van der Waals surface area (Å²) in [7, 11) is 0. The van der Waals surface area contributed by atoms with E-state index in [4.69, 9.17) is 18.9 Å². The van der Waals surface area contributed by atoms with Crippen molar-refractivity contribution in [3.63, 3.8) is 0 Å². The summed E-state index contributed by atoms with van der Waals surface area (Å²) in [5.41, 5.74) is 0. The van der Waals surface area contributed by atoms with Crippen LogP contribution in [0.3, 0.4) is 0 Å². The second-order valence-corrected chi connectivity index (χ2v) is 18.3. The van der Waals surface area contributed by atoms with Crippen LogP contribution in [0.4, 0.5) is 0 Å². The number of rotatable bonds is 46. The van der Waals surface area contributed by atoms with Crippen molar-refractivity contribution in [2.45, 2.75) is 243 Å². The van der Waals surface area contributed by atoms with Gasteiger partial charge in [0, 0.05) is 13.0 Å². The summed E-state index contributed by atoms with van der Waals surface area (Å²) in [6, 6.07) is 0. The molecule has 0 bridgehead atoms. The minimum Gasteiger partial charge on any atom is -0.457 e. The number of carbonyl (C=O) groups is 1. The molecule has 0 amide bonds. The molecule has 0 saturated carbocycles. The molecule has 68 heavy (non-hydrogen) atoms. The lowest BCUT2D eigenvalue weighted by Crippen LogP contribution is -2.59. The van der Waals surface area contributed by atoms with E-state index in [2.05, 4.69) is 111 Å². The first-order valence-electron chi connectivity index (χ1n) is 27.3. The van der Waals surface area contributed by atoms with Crippen LogP contribution in [0, 0.1) is 0 Å². The van der Waals surface area contributed by atoms with E-state index in [-0.39, 0.29) is 19.2 Å². The Hall–Kier alpha value is -2.89. The van der Waals surface area contributed by atoms with Crippen LogP contribution in [-0.2, 0) is 23.7 Å². The van der Waals surface area contributed by atoms with E-state index < -0.39 is 43.4 Å². The molecule has 390 valence electrons. The molecule has 0 aromatic heterocycles. The van der Waals surface area contributed by atoms with Crippen molar-refractivity contribution >= 4 is 5.97 Å². The Kier molecular flexibility index (Phi) is 45.6. The van der Waals surface area contributed by atoms with Crippen molar-refractivity contribution in [2.75, 3.05) is 26.4 Å². The molecule has 1 aliphatic rings. The van der Waals surface area contributed by atoms with Crippen LogP contribution in [0.1, 0.15) is 206 Å². The second-order valence-electron chi connectivity index (χ2n) is 18.3. The quantitative estimate of drug-likeness (QED) is 0.0267. The Morgan fingerprint density at radius 3 is 1.35 bits per heavy atom. The number of aliphatic hydroxyl groups is 4. The zero-order valence-corrected chi connectivity index (χ0v) is 43.1. The lowest BCUT2D eigenvalue weighted by Gasteiger charge is -2.39. The minimum absolute atomic E-state index is 0.126. The number of ether oxygens (including phenoxy) is 4. The van der Waals surface area contributed by atoms with Gasteiger partial charge in [-0.3, -0.25) is 4.79 Å². The van der Waals surface area contributed by atoms with Gasteiger partial charge in [-0.15, -0.1) is 0 Å². The summed E-state index contributed by atoms with van der Waals surface area (Å²) in [5, 5.41) is 40.3.